The van der Waals surface area contributed by atoms with Crippen LogP contribution in [0.5, 0.6) is 5.75 Å². The Hall–Kier alpha value is -0.540. The van der Waals surface area contributed by atoms with Gasteiger partial charge in [0, 0.05) is 6.04 Å². The van der Waals surface area contributed by atoms with Crippen molar-refractivity contribution in [3.05, 3.63) is 28.2 Å². The molecule has 0 atom stereocenters. The third kappa shape index (κ3) is 5.53. The van der Waals surface area contributed by atoms with Gasteiger partial charge >= 0.3 is 0 Å². The summed E-state index contributed by atoms with van der Waals surface area (Å²) in [6, 6.07) is 7.28. The molecule has 1 saturated carbocycles. The van der Waals surface area contributed by atoms with Gasteiger partial charge in [0.05, 0.1) is 11.1 Å². The van der Waals surface area contributed by atoms with Crippen LogP contribution in [0.25, 0.3) is 0 Å². The van der Waals surface area contributed by atoms with E-state index in [0.717, 1.165) is 22.7 Å². The first-order valence-corrected chi connectivity index (χ1v) is 8.23. The van der Waals surface area contributed by atoms with Crippen LogP contribution < -0.4 is 10.1 Å². The normalized spacial score (nSPS) is 14.6. The number of halogens is 1. The molecule has 0 aromatic heterocycles. The number of benzene rings is 1. The van der Waals surface area contributed by atoms with E-state index < -0.39 is 0 Å². The Labute approximate surface area is 125 Å². The summed E-state index contributed by atoms with van der Waals surface area (Å²) >= 11 is 3.57. The van der Waals surface area contributed by atoms with Gasteiger partial charge in [-0.1, -0.05) is 12.5 Å². The molecular weight excluding hydrogens is 302 g/mol. The lowest BCUT2D eigenvalue weighted by molar-refractivity contribution is 0.338. The van der Waals surface area contributed by atoms with Crippen LogP contribution in [0.2, 0.25) is 0 Å². The molecule has 2 rings (SSSR count). The molecule has 0 spiro atoms. The van der Waals surface area contributed by atoms with E-state index in [0.29, 0.717) is 6.61 Å². The van der Waals surface area contributed by atoms with E-state index in [-0.39, 0.29) is 0 Å². The van der Waals surface area contributed by atoms with Crippen molar-refractivity contribution >= 4 is 15.9 Å². The van der Waals surface area contributed by atoms with Gasteiger partial charge in [-0.25, -0.2) is 0 Å². The zero-order chi connectivity index (χ0) is 13.5. The van der Waals surface area contributed by atoms with Crippen molar-refractivity contribution in [3.63, 3.8) is 0 Å². The van der Waals surface area contributed by atoms with Gasteiger partial charge in [0.1, 0.15) is 5.75 Å². The maximum absolute atomic E-state index is 5.52. The molecule has 1 aliphatic carbocycles. The van der Waals surface area contributed by atoms with E-state index in [1.165, 1.54) is 44.2 Å². The van der Waals surface area contributed by atoms with Crippen LogP contribution in [-0.2, 0) is 6.42 Å². The highest BCUT2D eigenvalue weighted by Crippen LogP contribution is 2.26. The van der Waals surface area contributed by atoms with E-state index in [4.69, 9.17) is 4.74 Å². The fraction of sp³-hybridized carbons (Fsp3) is 0.625. The second-order valence-corrected chi connectivity index (χ2v) is 6.09. The zero-order valence-corrected chi connectivity index (χ0v) is 13.3. The minimum atomic E-state index is 0.714. The molecule has 19 heavy (non-hydrogen) atoms. The molecule has 0 saturated heterocycles. The molecule has 2 nitrogen and oxygen atoms in total. The highest BCUT2D eigenvalue weighted by molar-refractivity contribution is 9.10. The lowest BCUT2D eigenvalue weighted by atomic mass is 10.1. The van der Waals surface area contributed by atoms with E-state index in [2.05, 4.69) is 39.4 Å². The minimum Gasteiger partial charge on any atom is -0.493 e. The van der Waals surface area contributed by atoms with Crippen molar-refractivity contribution in [2.24, 2.45) is 0 Å². The molecule has 0 amide bonds. The average Bonchev–Trinajstić information content (AvgIpc) is 3.21. The van der Waals surface area contributed by atoms with E-state index in [1.54, 1.807) is 0 Å². The van der Waals surface area contributed by atoms with Crippen LogP contribution in [-0.4, -0.2) is 19.2 Å². The predicted octanol–water partition coefficient (Wildman–Crippen LogP) is 4.31. The maximum atomic E-state index is 5.52. The summed E-state index contributed by atoms with van der Waals surface area (Å²) in [4.78, 5) is 0. The van der Waals surface area contributed by atoms with Gasteiger partial charge < -0.3 is 10.1 Å². The molecule has 0 heterocycles. The summed E-state index contributed by atoms with van der Waals surface area (Å²) in [5, 5.41) is 3.56. The molecule has 0 aliphatic heterocycles. The SMILES string of the molecule is CCOc1ccc(CCCCCNC2CC2)cc1Br. The second-order valence-electron chi connectivity index (χ2n) is 5.24. The van der Waals surface area contributed by atoms with Crippen molar-refractivity contribution in [2.75, 3.05) is 13.2 Å². The summed E-state index contributed by atoms with van der Waals surface area (Å²) < 4.78 is 6.59. The van der Waals surface area contributed by atoms with Gasteiger partial charge in [0.25, 0.3) is 0 Å². The molecule has 1 N–H and O–H groups in total. The molecule has 1 fully saturated rings. The molecule has 1 aliphatic rings. The molecule has 106 valence electrons. The first kappa shape index (κ1) is 14.9. The first-order chi connectivity index (χ1) is 9.29. The minimum absolute atomic E-state index is 0.714. The highest BCUT2D eigenvalue weighted by atomic mass is 79.9. The van der Waals surface area contributed by atoms with Crippen LogP contribution in [0.3, 0.4) is 0 Å². The summed E-state index contributed by atoms with van der Waals surface area (Å²) in [5.41, 5.74) is 1.39. The molecule has 0 unspecified atom stereocenters. The Morgan fingerprint density at radius 2 is 2.11 bits per heavy atom. The molecule has 3 heteroatoms. The predicted molar refractivity (Wildman–Crippen MR) is 83.9 cm³/mol. The zero-order valence-electron chi connectivity index (χ0n) is 11.8. The van der Waals surface area contributed by atoms with E-state index in [9.17, 15) is 0 Å². The van der Waals surface area contributed by atoms with Gasteiger partial charge in [-0.3, -0.25) is 0 Å². The van der Waals surface area contributed by atoms with Crippen molar-refractivity contribution < 1.29 is 4.74 Å². The van der Waals surface area contributed by atoms with Gasteiger partial charge in [0.15, 0.2) is 0 Å². The number of rotatable bonds is 9. The first-order valence-electron chi connectivity index (χ1n) is 7.44. The third-order valence-electron chi connectivity index (χ3n) is 3.45. The number of aryl methyl sites for hydroxylation is 1. The summed E-state index contributed by atoms with van der Waals surface area (Å²) in [7, 11) is 0. The fourth-order valence-electron chi connectivity index (χ4n) is 2.20. The molecule has 1 aromatic carbocycles. The number of ether oxygens (including phenoxy) is 1. The Bertz CT molecular complexity index is 390. The Morgan fingerprint density at radius 3 is 2.79 bits per heavy atom. The molecular formula is C16H24BrNO. The molecule has 0 radical (unpaired) electrons. The van der Waals surface area contributed by atoms with E-state index >= 15 is 0 Å². The highest BCUT2D eigenvalue weighted by Gasteiger charge is 2.19. The third-order valence-corrected chi connectivity index (χ3v) is 4.07. The van der Waals surface area contributed by atoms with Gasteiger partial charge in [-0.2, -0.15) is 0 Å². The largest absolute Gasteiger partial charge is 0.493 e. The van der Waals surface area contributed by atoms with Crippen LogP contribution in [0.4, 0.5) is 0 Å². The lowest BCUT2D eigenvalue weighted by Crippen LogP contribution is -2.17. The second kappa shape index (κ2) is 7.91. The number of unbranched alkanes of at least 4 members (excludes halogenated alkanes) is 2. The molecule has 0 bridgehead atoms. The maximum Gasteiger partial charge on any atom is 0.133 e. The van der Waals surface area contributed by atoms with Gasteiger partial charge in [-0.15, -0.1) is 0 Å². The monoisotopic (exact) mass is 325 g/mol. The van der Waals surface area contributed by atoms with Crippen molar-refractivity contribution in [2.45, 2.75) is 51.5 Å². The van der Waals surface area contributed by atoms with Gasteiger partial charge in [-0.05, 0) is 79.2 Å². The van der Waals surface area contributed by atoms with Crippen LogP contribution in [0, 0.1) is 0 Å². The Kier molecular flexibility index (Phi) is 6.18. The van der Waals surface area contributed by atoms with Crippen LogP contribution >= 0.6 is 15.9 Å². The number of hydrogen-bond acceptors (Lipinski definition) is 2. The number of nitrogens with one attached hydrogen (secondary N) is 1. The fourth-order valence-corrected chi connectivity index (χ4v) is 2.74. The quantitative estimate of drug-likeness (QED) is 0.683. The topological polar surface area (TPSA) is 21.3 Å². The smallest absolute Gasteiger partial charge is 0.133 e. The lowest BCUT2D eigenvalue weighted by Gasteiger charge is -2.08. The van der Waals surface area contributed by atoms with Crippen LogP contribution in [0.15, 0.2) is 22.7 Å². The molecule has 1 aromatic rings. The Balaban J connectivity index is 1.62. The van der Waals surface area contributed by atoms with Crippen LogP contribution in [0.1, 0.15) is 44.6 Å². The summed E-state index contributed by atoms with van der Waals surface area (Å²) in [6.45, 7) is 3.92. The Morgan fingerprint density at radius 1 is 1.26 bits per heavy atom. The standard InChI is InChI=1S/C16H24BrNO/c1-2-19-16-10-7-13(12-15(16)17)6-4-3-5-11-18-14-8-9-14/h7,10,12,14,18H,2-6,8-9,11H2,1H3. The van der Waals surface area contributed by atoms with Crippen molar-refractivity contribution in [3.8, 4) is 5.75 Å². The average molecular weight is 326 g/mol. The summed E-state index contributed by atoms with van der Waals surface area (Å²) in [5.74, 6) is 0.944. The van der Waals surface area contributed by atoms with Gasteiger partial charge in [0.2, 0.25) is 0 Å². The van der Waals surface area contributed by atoms with Crippen molar-refractivity contribution in [1.82, 2.24) is 5.32 Å². The number of hydrogen-bond donors (Lipinski definition) is 1. The van der Waals surface area contributed by atoms with Crippen molar-refractivity contribution in [1.29, 1.82) is 0 Å². The van der Waals surface area contributed by atoms with E-state index in [1.807, 2.05) is 6.92 Å². The summed E-state index contributed by atoms with van der Waals surface area (Å²) in [6.07, 6.45) is 7.82.